The van der Waals surface area contributed by atoms with E-state index in [1.165, 1.54) is 57.5 Å². The van der Waals surface area contributed by atoms with Crippen LogP contribution in [-0.2, 0) is 19.4 Å². The monoisotopic (exact) mass is 538 g/mol. The quantitative estimate of drug-likeness (QED) is 0.249. The van der Waals surface area contributed by atoms with Gasteiger partial charge in [0, 0.05) is 49.9 Å². The molecule has 1 saturated heterocycles. The van der Waals surface area contributed by atoms with Gasteiger partial charge in [-0.05, 0) is 50.4 Å². The number of aromatic nitrogens is 3. The molecular formula is C31H50N6O2. The molecule has 8 nitrogen and oxygen atoms in total. The highest BCUT2D eigenvalue weighted by molar-refractivity contribution is 6.06. The lowest BCUT2D eigenvalue weighted by atomic mass is 9.92. The number of anilines is 1. The lowest BCUT2D eigenvalue weighted by molar-refractivity contribution is 0.0557. The molecule has 8 heteroatoms. The molecule has 1 aromatic carbocycles. The fourth-order valence-electron chi connectivity index (χ4n) is 5.72. The zero-order valence-corrected chi connectivity index (χ0v) is 24.5. The highest BCUT2D eigenvalue weighted by Crippen LogP contribution is 2.32. The number of fused-ring (bicyclic) bond motifs is 3. The highest BCUT2D eigenvalue weighted by atomic mass is 16.3. The second-order valence-corrected chi connectivity index (χ2v) is 11.9. The van der Waals surface area contributed by atoms with Crippen LogP contribution in [0.2, 0.25) is 0 Å². The summed E-state index contributed by atoms with van der Waals surface area (Å²) in [6.45, 7) is 13.7. The van der Waals surface area contributed by atoms with Gasteiger partial charge in [-0.1, -0.05) is 52.2 Å². The predicted molar refractivity (Wildman–Crippen MR) is 161 cm³/mol. The molecule has 1 aliphatic rings. The van der Waals surface area contributed by atoms with Gasteiger partial charge in [-0.15, -0.1) is 0 Å². The topological polar surface area (TPSA) is 104 Å². The van der Waals surface area contributed by atoms with Crippen LogP contribution in [0.4, 0.5) is 5.82 Å². The van der Waals surface area contributed by atoms with Gasteiger partial charge in [0.05, 0.1) is 24.2 Å². The molecule has 0 aliphatic carbocycles. The van der Waals surface area contributed by atoms with Gasteiger partial charge in [-0.25, -0.2) is 9.97 Å². The first-order chi connectivity index (χ1) is 18.9. The average Bonchev–Trinajstić information content (AvgIpc) is 3.31. The summed E-state index contributed by atoms with van der Waals surface area (Å²) in [5, 5.41) is 21.1. The van der Waals surface area contributed by atoms with Gasteiger partial charge < -0.3 is 30.3 Å². The van der Waals surface area contributed by atoms with Crippen molar-refractivity contribution in [3.63, 3.8) is 0 Å². The van der Waals surface area contributed by atoms with Gasteiger partial charge >= 0.3 is 0 Å². The van der Waals surface area contributed by atoms with E-state index < -0.39 is 5.41 Å². The summed E-state index contributed by atoms with van der Waals surface area (Å²) in [6, 6.07) is 6.55. The van der Waals surface area contributed by atoms with Gasteiger partial charge in [0.1, 0.15) is 11.3 Å². The Hall–Kier alpha value is -2.26. The third-order valence-corrected chi connectivity index (χ3v) is 8.39. The Bertz CT molecular complexity index is 1200. The van der Waals surface area contributed by atoms with E-state index in [1.807, 2.05) is 6.92 Å². The number of aliphatic hydroxyl groups is 2. The molecule has 0 bridgehead atoms. The van der Waals surface area contributed by atoms with E-state index in [0.29, 0.717) is 17.9 Å². The number of pyridine rings is 1. The van der Waals surface area contributed by atoms with Crippen LogP contribution in [0, 0.1) is 5.41 Å². The van der Waals surface area contributed by atoms with Crippen LogP contribution in [0.5, 0.6) is 0 Å². The maximum Gasteiger partial charge on any atom is 0.152 e. The standard InChI is InChI=1S/C31H50N6O2/c1-4-6-8-14-35-16-18-36(19-17-35)15-9-10-24-12-13-25-26(20-24)33-30(32)28-29(25)37(21-31(3,22-38)23-39)27(34-28)11-7-5-2/h12-13,20,38-39H,4-11,14-19,21-23H2,1-3H3,(H2,32,33). The minimum atomic E-state index is -0.653. The first kappa shape index (κ1) is 29.7. The molecular weight excluding hydrogens is 488 g/mol. The maximum atomic E-state index is 10.0. The number of hydrogen-bond acceptors (Lipinski definition) is 7. The number of nitrogens with zero attached hydrogens (tertiary/aromatic N) is 5. The van der Waals surface area contributed by atoms with Crippen molar-refractivity contribution >= 4 is 27.8 Å². The second kappa shape index (κ2) is 13.9. The summed E-state index contributed by atoms with van der Waals surface area (Å²) in [6.07, 6.45) is 9.00. The van der Waals surface area contributed by atoms with Crippen LogP contribution >= 0.6 is 0 Å². The van der Waals surface area contributed by atoms with Crippen molar-refractivity contribution in [3.05, 3.63) is 29.6 Å². The molecule has 4 rings (SSSR count). The molecule has 0 unspecified atom stereocenters. The number of nitrogens with two attached hydrogens (primary N) is 1. The Labute approximate surface area is 234 Å². The first-order valence-corrected chi connectivity index (χ1v) is 15.1. The molecule has 216 valence electrons. The second-order valence-electron chi connectivity index (χ2n) is 11.9. The van der Waals surface area contributed by atoms with Crippen molar-refractivity contribution in [2.45, 2.75) is 78.7 Å². The number of aryl methyl sites for hydroxylation is 2. The summed E-state index contributed by atoms with van der Waals surface area (Å²) < 4.78 is 2.17. The number of rotatable bonds is 15. The third-order valence-electron chi connectivity index (χ3n) is 8.39. The summed E-state index contributed by atoms with van der Waals surface area (Å²) in [4.78, 5) is 14.9. The molecule has 0 atom stereocenters. The van der Waals surface area contributed by atoms with Gasteiger partial charge in [-0.2, -0.15) is 0 Å². The largest absolute Gasteiger partial charge is 0.396 e. The fraction of sp³-hybridized carbons (Fsp3) is 0.677. The zero-order valence-electron chi connectivity index (χ0n) is 24.5. The predicted octanol–water partition coefficient (Wildman–Crippen LogP) is 4.24. The first-order valence-electron chi connectivity index (χ1n) is 15.1. The Morgan fingerprint density at radius 1 is 0.872 bits per heavy atom. The van der Waals surface area contributed by atoms with Crippen LogP contribution in [0.15, 0.2) is 18.2 Å². The number of nitrogen functional groups attached to an aromatic ring is 1. The summed E-state index contributed by atoms with van der Waals surface area (Å²) in [5.41, 5.74) is 9.65. The Morgan fingerprint density at radius 3 is 2.18 bits per heavy atom. The molecule has 2 aromatic heterocycles. The number of benzene rings is 1. The SMILES string of the molecule is CCCCCN1CCN(CCCc2ccc3c(c2)nc(N)c2nc(CCCC)n(CC(C)(CO)CO)c23)CC1. The smallest absolute Gasteiger partial charge is 0.152 e. The average molecular weight is 539 g/mol. The normalized spacial score (nSPS) is 15.6. The van der Waals surface area contributed by atoms with Crippen LogP contribution in [0.25, 0.3) is 21.9 Å². The fourth-order valence-corrected chi connectivity index (χ4v) is 5.72. The van der Waals surface area contributed by atoms with E-state index in [9.17, 15) is 10.2 Å². The zero-order chi connectivity index (χ0) is 27.8. The number of hydrogen-bond donors (Lipinski definition) is 3. The molecule has 0 amide bonds. The number of unbranched alkanes of at least 4 members (excludes halogenated alkanes) is 3. The van der Waals surface area contributed by atoms with Crippen molar-refractivity contribution in [1.82, 2.24) is 24.3 Å². The summed E-state index contributed by atoms with van der Waals surface area (Å²) >= 11 is 0. The van der Waals surface area contributed by atoms with Crippen molar-refractivity contribution < 1.29 is 10.2 Å². The highest BCUT2D eigenvalue weighted by Gasteiger charge is 2.27. The molecule has 1 aliphatic heterocycles. The van der Waals surface area contributed by atoms with Gasteiger partial charge in [-0.3, -0.25) is 0 Å². The minimum absolute atomic E-state index is 0.104. The Morgan fingerprint density at radius 2 is 1.54 bits per heavy atom. The Kier molecular flexibility index (Phi) is 10.6. The lowest BCUT2D eigenvalue weighted by Gasteiger charge is -2.34. The number of piperazine rings is 1. The van der Waals surface area contributed by atoms with Crippen molar-refractivity contribution in [2.75, 3.05) is 58.2 Å². The maximum absolute atomic E-state index is 10.0. The van der Waals surface area contributed by atoms with E-state index in [2.05, 4.69) is 46.4 Å². The molecule has 3 aromatic rings. The van der Waals surface area contributed by atoms with Gasteiger partial charge in [0.2, 0.25) is 0 Å². The van der Waals surface area contributed by atoms with Crippen LogP contribution in [0.1, 0.15) is 70.7 Å². The molecule has 39 heavy (non-hydrogen) atoms. The summed E-state index contributed by atoms with van der Waals surface area (Å²) in [5.74, 6) is 1.38. The van der Waals surface area contributed by atoms with Crippen LogP contribution < -0.4 is 5.73 Å². The minimum Gasteiger partial charge on any atom is -0.396 e. The van der Waals surface area contributed by atoms with Crippen LogP contribution in [0.3, 0.4) is 0 Å². The molecule has 1 fully saturated rings. The number of imidazole rings is 1. The third kappa shape index (κ3) is 7.28. The van der Waals surface area contributed by atoms with Crippen molar-refractivity contribution in [2.24, 2.45) is 5.41 Å². The van der Waals surface area contributed by atoms with Crippen molar-refractivity contribution in [1.29, 1.82) is 0 Å². The van der Waals surface area contributed by atoms with E-state index in [1.54, 1.807) is 0 Å². The van der Waals surface area contributed by atoms with Crippen molar-refractivity contribution in [3.8, 4) is 0 Å². The van der Waals surface area contributed by atoms with Crippen LogP contribution in [-0.4, -0.2) is 87.0 Å². The molecule has 0 spiro atoms. The molecule has 0 radical (unpaired) electrons. The van der Waals surface area contributed by atoms with E-state index in [4.69, 9.17) is 15.7 Å². The molecule has 4 N–H and O–H groups in total. The number of aliphatic hydroxyl groups excluding tert-OH is 2. The Balaban J connectivity index is 1.49. The molecule has 3 heterocycles. The van der Waals surface area contributed by atoms with Gasteiger partial charge in [0.15, 0.2) is 5.82 Å². The van der Waals surface area contributed by atoms with E-state index in [-0.39, 0.29) is 13.2 Å². The molecule has 0 saturated carbocycles. The van der Waals surface area contributed by atoms with E-state index in [0.717, 1.165) is 60.9 Å². The van der Waals surface area contributed by atoms with E-state index >= 15 is 0 Å². The summed E-state index contributed by atoms with van der Waals surface area (Å²) in [7, 11) is 0. The lowest BCUT2D eigenvalue weighted by Crippen LogP contribution is -2.46. The van der Waals surface area contributed by atoms with Gasteiger partial charge in [0.25, 0.3) is 0 Å².